The first-order valence-corrected chi connectivity index (χ1v) is 10.7. The largest absolute Gasteiger partial charge is 0.338 e. The lowest BCUT2D eigenvalue weighted by Gasteiger charge is -2.29. The lowest BCUT2D eigenvalue weighted by atomic mass is 9.86. The fraction of sp³-hybridized carbons (Fsp3) is 0.435. The van der Waals surface area contributed by atoms with E-state index < -0.39 is 5.41 Å². The molecule has 3 heterocycles. The van der Waals surface area contributed by atoms with Gasteiger partial charge in [-0.15, -0.1) is 0 Å². The van der Waals surface area contributed by atoms with Crippen LogP contribution >= 0.6 is 0 Å². The van der Waals surface area contributed by atoms with E-state index in [1.54, 1.807) is 6.20 Å². The fourth-order valence-corrected chi connectivity index (χ4v) is 4.91. The Morgan fingerprint density at radius 2 is 1.97 bits per heavy atom. The highest BCUT2D eigenvalue weighted by Crippen LogP contribution is 2.40. The SMILES string of the molecule is C[C@H]1CCCCC1n1nc(Nc2ccc3c(c2)NC(=O)C3(C)C)c2c(=O)[nH]ccc21. The summed E-state index contributed by atoms with van der Waals surface area (Å²) in [6.45, 7) is 6.10. The normalized spacial score (nSPS) is 22.7. The topological polar surface area (TPSA) is 91.8 Å². The summed E-state index contributed by atoms with van der Waals surface area (Å²) in [5.41, 5.74) is 2.72. The van der Waals surface area contributed by atoms with Crippen molar-refractivity contribution in [3.8, 4) is 0 Å². The van der Waals surface area contributed by atoms with E-state index in [9.17, 15) is 9.59 Å². The van der Waals surface area contributed by atoms with E-state index >= 15 is 0 Å². The predicted molar refractivity (Wildman–Crippen MR) is 118 cm³/mol. The Morgan fingerprint density at radius 3 is 2.77 bits per heavy atom. The Labute approximate surface area is 174 Å². The number of H-pyrrole nitrogens is 1. The quantitative estimate of drug-likeness (QED) is 0.600. The molecule has 1 fully saturated rings. The molecule has 0 saturated heterocycles. The minimum Gasteiger partial charge on any atom is -0.338 e. The highest BCUT2D eigenvalue weighted by atomic mass is 16.2. The minimum atomic E-state index is -0.545. The van der Waals surface area contributed by atoms with Gasteiger partial charge in [0, 0.05) is 17.6 Å². The van der Waals surface area contributed by atoms with Gasteiger partial charge in [0.25, 0.3) is 5.56 Å². The van der Waals surface area contributed by atoms with E-state index in [2.05, 4.69) is 22.5 Å². The number of carbonyl (C=O) groups is 1. The number of pyridine rings is 1. The van der Waals surface area contributed by atoms with Crippen LogP contribution in [-0.4, -0.2) is 20.7 Å². The number of hydrogen-bond acceptors (Lipinski definition) is 4. The lowest BCUT2D eigenvalue weighted by molar-refractivity contribution is -0.119. The molecule has 3 aromatic rings. The summed E-state index contributed by atoms with van der Waals surface area (Å²) in [4.78, 5) is 27.7. The number of aromatic amines is 1. The Hall–Kier alpha value is -3.09. The molecule has 2 aromatic heterocycles. The van der Waals surface area contributed by atoms with Gasteiger partial charge in [0.1, 0.15) is 5.39 Å². The van der Waals surface area contributed by atoms with Gasteiger partial charge in [-0.1, -0.05) is 25.8 Å². The van der Waals surface area contributed by atoms with Gasteiger partial charge in [0.15, 0.2) is 5.82 Å². The average Bonchev–Trinajstić information content (AvgIpc) is 3.18. The number of fused-ring (bicyclic) bond motifs is 2. The molecule has 3 N–H and O–H groups in total. The number of nitrogens with zero attached hydrogens (tertiary/aromatic N) is 2. The second kappa shape index (κ2) is 6.72. The van der Waals surface area contributed by atoms with E-state index in [1.165, 1.54) is 19.3 Å². The molecule has 1 aliphatic carbocycles. The van der Waals surface area contributed by atoms with Crippen LogP contribution in [-0.2, 0) is 10.2 Å². The van der Waals surface area contributed by atoms with Crippen LogP contribution in [0, 0.1) is 5.92 Å². The monoisotopic (exact) mass is 405 g/mol. The Kier molecular flexibility index (Phi) is 4.24. The summed E-state index contributed by atoms with van der Waals surface area (Å²) < 4.78 is 2.04. The van der Waals surface area contributed by atoms with E-state index in [0.29, 0.717) is 23.2 Å². The van der Waals surface area contributed by atoms with Gasteiger partial charge in [0.2, 0.25) is 5.91 Å². The van der Waals surface area contributed by atoms with Crippen LogP contribution in [0.2, 0.25) is 0 Å². The minimum absolute atomic E-state index is 0.00731. The summed E-state index contributed by atoms with van der Waals surface area (Å²) in [6.07, 6.45) is 6.37. The zero-order valence-electron chi connectivity index (χ0n) is 17.6. The molecule has 1 amide bonds. The molecule has 7 heteroatoms. The molecule has 30 heavy (non-hydrogen) atoms. The van der Waals surface area contributed by atoms with Crippen molar-refractivity contribution < 1.29 is 4.79 Å². The van der Waals surface area contributed by atoms with Crippen molar-refractivity contribution in [2.75, 3.05) is 10.6 Å². The Morgan fingerprint density at radius 1 is 1.17 bits per heavy atom. The number of nitrogens with one attached hydrogen (secondary N) is 3. The van der Waals surface area contributed by atoms with Crippen molar-refractivity contribution in [1.29, 1.82) is 0 Å². The lowest BCUT2D eigenvalue weighted by Crippen LogP contribution is -2.26. The molecule has 1 unspecified atom stereocenters. The highest BCUT2D eigenvalue weighted by Gasteiger charge is 2.38. The van der Waals surface area contributed by atoms with Crippen LogP contribution in [0.3, 0.4) is 0 Å². The number of anilines is 3. The van der Waals surface area contributed by atoms with Crippen LogP contribution in [0.5, 0.6) is 0 Å². The van der Waals surface area contributed by atoms with Crippen molar-refractivity contribution in [1.82, 2.24) is 14.8 Å². The maximum absolute atomic E-state index is 12.7. The summed E-state index contributed by atoms with van der Waals surface area (Å²) >= 11 is 0. The fourth-order valence-electron chi connectivity index (χ4n) is 4.91. The molecular weight excluding hydrogens is 378 g/mol. The molecular formula is C23H27N5O2. The van der Waals surface area contributed by atoms with Crippen molar-refractivity contribution in [2.45, 2.75) is 57.9 Å². The second-order valence-corrected chi connectivity index (χ2v) is 9.15. The third-order valence-corrected chi connectivity index (χ3v) is 6.78. The van der Waals surface area contributed by atoms with Crippen molar-refractivity contribution >= 4 is 34.0 Å². The first kappa shape index (κ1) is 18.9. The van der Waals surface area contributed by atoms with Crippen LogP contribution in [0.1, 0.15) is 58.1 Å². The second-order valence-electron chi connectivity index (χ2n) is 9.15. The Balaban J connectivity index is 1.57. The van der Waals surface area contributed by atoms with Gasteiger partial charge >= 0.3 is 0 Å². The smallest absolute Gasteiger partial charge is 0.261 e. The molecule has 1 aromatic carbocycles. The maximum atomic E-state index is 12.7. The molecule has 0 spiro atoms. The molecule has 1 aliphatic heterocycles. The van der Waals surface area contributed by atoms with Crippen molar-refractivity contribution in [3.05, 3.63) is 46.4 Å². The molecule has 0 bridgehead atoms. The van der Waals surface area contributed by atoms with E-state index in [-0.39, 0.29) is 11.5 Å². The van der Waals surface area contributed by atoms with E-state index in [4.69, 9.17) is 5.10 Å². The van der Waals surface area contributed by atoms with Gasteiger partial charge in [-0.2, -0.15) is 5.10 Å². The van der Waals surface area contributed by atoms with Crippen LogP contribution in [0.15, 0.2) is 35.3 Å². The molecule has 156 valence electrons. The molecule has 1 saturated carbocycles. The summed E-state index contributed by atoms with van der Waals surface area (Å²) in [6, 6.07) is 8.03. The van der Waals surface area contributed by atoms with E-state index in [1.807, 2.05) is 42.8 Å². The third-order valence-electron chi connectivity index (χ3n) is 6.78. The summed E-state index contributed by atoms with van der Waals surface area (Å²) in [5.74, 6) is 1.06. The highest BCUT2D eigenvalue weighted by molar-refractivity contribution is 6.06. The molecule has 2 atom stereocenters. The van der Waals surface area contributed by atoms with Crippen LogP contribution in [0.25, 0.3) is 10.9 Å². The van der Waals surface area contributed by atoms with E-state index in [0.717, 1.165) is 28.9 Å². The van der Waals surface area contributed by atoms with Gasteiger partial charge < -0.3 is 15.6 Å². The number of rotatable bonds is 3. The average molecular weight is 406 g/mol. The first-order chi connectivity index (χ1) is 14.4. The standard InChI is InChI=1S/C23H27N5O2/c1-13-6-4-5-7-17(13)28-18-10-11-24-21(29)19(18)20(27-28)25-14-8-9-15-16(12-14)26-22(30)23(15,2)3/h8-13,17H,4-7H2,1-3H3,(H,24,29)(H,25,27)(H,26,30)/t13-,17?/m0/s1. The molecule has 5 rings (SSSR count). The third kappa shape index (κ3) is 2.83. The number of benzene rings is 1. The molecule has 0 radical (unpaired) electrons. The van der Waals surface area contributed by atoms with Crippen molar-refractivity contribution in [3.63, 3.8) is 0 Å². The maximum Gasteiger partial charge on any atom is 0.261 e. The van der Waals surface area contributed by atoms with Gasteiger partial charge in [-0.25, -0.2) is 0 Å². The van der Waals surface area contributed by atoms with Crippen molar-refractivity contribution in [2.24, 2.45) is 5.92 Å². The number of amides is 1. The molecule has 7 nitrogen and oxygen atoms in total. The van der Waals surface area contributed by atoms with Crippen LogP contribution in [0.4, 0.5) is 17.2 Å². The van der Waals surface area contributed by atoms with Crippen LogP contribution < -0.4 is 16.2 Å². The Bertz CT molecular complexity index is 1210. The first-order valence-electron chi connectivity index (χ1n) is 10.7. The zero-order valence-corrected chi connectivity index (χ0v) is 17.6. The predicted octanol–water partition coefficient (Wildman–Crippen LogP) is 4.45. The number of hydrogen-bond donors (Lipinski definition) is 3. The molecule has 2 aliphatic rings. The van der Waals surface area contributed by atoms with Gasteiger partial charge in [0.05, 0.1) is 17.0 Å². The zero-order chi connectivity index (χ0) is 21.0. The number of carbonyl (C=O) groups excluding carboxylic acids is 1. The van der Waals surface area contributed by atoms with Gasteiger partial charge in [-0.05, 0) is 56.4 Å². The number of aromatic nitrogens is 3. The summed E-state index contributed by atoms with van der Waals surface area (Å²) in [5, 5.41) is 11.7. The summed E-state index contributed by atoms with van der Waals surface area (Å²) in [7, 11) is 0. The van der Waals surface area contributed by atoms with Gasteiger partial charge in [-0.3, -0.25) is 14.3 Å².